The van der Waals surface area contributed by atoms with Crippen LogP contribution in [0.5, 0.6) is 0 Å². The SMILES string of the molecule is Cc1ccc(Cc2csc(N3CCN(S(=O)(=O)c4cc(Cl)ccc4Cl)CC3)n2)cc1C.O=S(=O)(c1cc(Cl)ccc1Cl)N1CCN(c2nc(Cc3ccc(Cl)c(Cl)c3)cs2)CC1. The number of halogens is 6. The molecule has 0 aliphatic carbocycles. The van der Waals surface area contributed by atoms with Crippen molar-refractivity contribution in [2.45, 2.75) is 36.5 Å². The van der Waals surface area contributed by atoms with Crippen molar-refractivity contribution in [3.05, 3.63) is 147 Å². The van der Waals surface area contributed by atoms with Gasteiger partial charge in [-0.25, -0.2) is 26.8 Å². The monoisotopic (exact) mass is 1030 g/mol. The Morgan fingerprint density at radius 2 is 0.919 bits per heavy atom. The molecule has 328 valence electrons. The van der Waals surface area contributed by atoms with E-state index in [1.807, 2.05) is 17.5 Å². The van der Waals surface area contributed by atoms with E-state index in [1.54, 1.807) is 40.9 Å². The molecule has 4 aromatic carbocycles. The van der Waals surface area contributed by atoms with Crippen LogP contribution in [-0.4, -0.2) is 87.8 Å². The Kier molecular flexibility index (Phi) is 15.4. The molecular formula is C42H40Cl6N6O4S4. The summed E-state index contributed by atoms with van der Waals surface area (Å²) >= 11 is 39.4. The number of sulfonamides is 2. The fourth-order valence-electron chi connectivity index (χ4n) is 6.89. The highest BCUT2D eigenvalue weighted by Gasteiger charge is 2.32. The number of benzene rings is 4. The first-order chi connectivity index (χ1) is 29.5. The van der Waals surface area contributed by atoms with Crippen LogP contribution in [0.25, 0.3) is 0 Å². The molecule has 6 aromatic rings. The molecule has 0 N–H and O–H groups in total. The number of anilines is 2. The zero-order chi connectivity index (χ0) is 44.3. The smallest absolute Gasteiger partial charge is 0.244 e. The van der Waals surface area contributed by atoms with Crippen LogP contribution in [0.3, 0.4) is 0 Å². The molecule has 62 heavy (non-hydrogen) atoms. The van der Waals surface area contributed by atoms with Gasteiger partial charge in [-0.15, -0.1) is 22.7 Å². The predicted molar refractivity (Wildman–Crippen MR) is 257 cm³/mol. The van der Waals surface area contributed by atoms with E-state index < -0.39 is 20.0 Å². The van der Waals surface area contributed by atoms with E-state index >= 15 is 0 Å². The first-order valence-corrected chi connectivity index (χ1v) is 26.2. The van der Waals surface area contributed by atoms with Gasteiger partial charge >= 0.3 is 0 Å². The molecule has 20 heteroatoms. The van der Waals surface area contributed by atoms with Gasteiger partial charge in [0.1, 0.15) is 9.79 Å². The Morgan fingerprint density at radius 1 is 0.500 bits per heavy atom. The fourth-order valence-corrected chi connectivity index (χ4v) is 13.3. The Labute approximate surface area is 400 Å². The summed E-state index contributed by atoms with van der Waals surface area (Å²) in [6.45, 7) is 7.89. The molecule has 0 unspecified atom stereocenters. The topological polar surface area (TPSA) is 107 Å². The molecule has 0 bridgehead atoms. The van der Waals surface area contributed by atoms with Crippen LogP contribution >= 0.6 is 92.3 Å². The minimum absolute atomic E-state index is 0.0354. The number of thiazole rings is 2. The quantitative estimate of drug-likeness (QED) is 0.134. The van der Waals surface area contributed by atoms with E-state index in [-0.39, 0.29) is 19.8 Å². The molecule has 0 atom stereocenters. The molecule has 2 fully saturated rings. The van der Waals surface area contributed by atoms with Crippen LogP contribution in [0.1, 0.15) is 33.6 Å². The van der Waals surface area contributed by atoms with Crippen molar-refractivity contribution >= 4 is 123 Å². The second kappa shape index (κ2) is 20.2. The third-order valence-corrected chi connectivity index (χ3v) is 18.3. The van der Waals surface area contributed by atoms with E-state index in [9.17, 15) is 16.8 Å². The number of rotatable bonds is 10. The lowest BCUT2D eigenvalue weighted by Crippen LogP contribution is -2.48. The zero-order valence-electron chi connectivity index (χ0n) is 33.4. The normalized spacial score (nSPS) is 15.4. The standard InChI is InChI=1S/C22H23Cl2N3O2S2.C20H17Cl4N3O2S2/c1-15-3-4-17(11-16(15)2)12-19-14-30-22(25-19)26-7-9-27(10-8-26)31(28,29)21-13-18(23)5-6-20(21)24;21-14-2-4-17(23)19(11-14)31(28,29)27-7-5-26(6-8-27)20-25-15(12-30-20)9-13-1-3-16(22)18(24)10-13/h3-6,11,13-14H,7-10,12H2,1-2H3;1-4,10-12H,5-9H2. The van der Waals surface area contributed by atoms with Crippen LogP contribution in [-0.2, 0) is 32.9 Å². The van der Waals surface area contributed by atoms with E-state index in [0.29, 0.717) is 78.9 Å². The van der Waals surface area contributed by atoms with Gasteiger partial charge in [0.05, 0.1) is 31.5 Å². The summed E-state index contributed by atoms with van der Waals surface area (Å²) in [5.74, 6) is 0. The molecule has 2 aromatic heterocycles. The first-order valence-electron chi connectivity index (χ1n) is 19.3. The Hall–Kier alpha value is -2.70. The molecular weight excluding hydrogens is 993 g/mol. The Bertz CT molecular complexity index is 2600. The third-order valence-electron chi connectivity index (χ3n) is 10.4. The van der Waals surface area contributed by atoms with Crippen molar-refractivity contribution in [3.63, 3.8) is 0 Å². The maximum Gasteiger partial charge on any atom is 0.244 e. The van der Waals surface area contributed by atoms with E-state index in [2.05, 4.69) is 47.2 Å². The van der Waals surface area contributed by atoms with Crippen molar-refractivity contribution in [3.8, 4) is 0 Å². The molecule has 0 saturated carbocycles. The van der Waals surface area contributed by atoms with E-state index in [4.69, 9.17) is 79.6 Å². The van der Waals surface area contributed by atoms with Gasteiger partial charge in [-0.2, -0.15) is 8.61 Å². The summed E-state index contributed by atoms with van der Waals surface area (Å²) in [7, 11) is -7.40. The Morgan fingerprint density at radius 3 is 1.35 bits per heavy atom. The summed E-state index contributed by atoms with van der Waals surface area (Å²) in [4.78, 5) is 13.8. The van der Waals surface area contributed by atoms with Crippen molar-refractivity contribution in [1.29, 1.82) is 0 Å². The molecule has 2 aliphatic rings. The van der Waals surface area contributed by atoms with Gasteiger partial charge in [-0.1, -0.05) is 93.9 Å². The number of hydrogen-bond acceptors (Lipinski definition) is 10. The highest BCUT2D eigenvalue weighted by Crippen LogP contribution is 2.32. The lowest BCUT2D eigenvalue weighted by molar-refractivity contribution is 0.384. The third kappa shape index (κ3) is 11.2. The molecule has 2 saturated heterocycles. The summed E-state index contributed by atoms with van der Waals surface area (Å²) in [5.41, 5.74) is 6.80. The average molecular weight is 1030 g/mol. The average Bonchev–Trinajstić information content (AvgIpc) is 3.93. The lowest BCUT2D eigenvalue weighted by atomic mass is 10.0. The lowest BCUT2D eigenvalue weighted by Gasteiger charge is -2.34. The van der Waals surface area contributed by atoms with E-state index in [1.165, 1.54) is 49.6 Å². The highest BCUT2D eigenvalue weighted by molar-refractivity contribution is 7.89. The van der Waals surface area contributed by atoms with Crippen molar-refractivity contribution in [2.75, 3.05) is 62.2 Å². The predicted octanol–water partition coefficient (Wildman–Crippen LogP) is 11.0. The molecule has 10 nitrogen and oxygen atoms in total. The Balaban J connectivity index is 0.000000186. The van der Waals surface area contributed by atoms with Gasteiger partial charge in [0, 0.05) is 86.0 Å². The van der Waals surface area contributed by atoms with Crippen molar-refractivity contribution in [1.82, 2.24) is 18.6 Å². The highest BCUT2D eigenvalue weighted by atomic mass is 35.5. The van der Waals surface area contributed by atoms with Crippen LogP contribution in [0.4, 0.5) is 10.3 Å². The van der Waals surface area contributed by atoms with Gasteiger partial charge < -0.3 is 9.80 Å². The van der Waals surface area contributed by atoms with Crippen molar-refractivity contribution in [2.24, 2.45) is 0 Å². The second-order valence-corrected chi connectivity index (χ2v) is 22.7. The largest absolute Gasteiger partial charge is 0.345 e. The van der Waals surface area contributed by atoms with Gasteiger partial charge in [-0.3, -0.25) is 0 Å². The van der Waals surface area contributed by atoms with Gasteiger partial charge in [0.2, 0.25) is 20.0 Å². The number of aromatic nitrogens is 2. The number of piperazine rings is 2. The van der Waals surface area contributed by atoms with Crippen LogP contribution < -0.4 is 9.80 Å². The minimum atomic E-state index is -3.71. The molecule has 0 radical (unpaired) electrons. The molecule has 0 spiro atoms. The minimum Gasteiger partial charge on any atom is -0.345 e. The zero-order valence-corrected chi connectivity index (χ0v) is 41.2. The van der Waals surface area contributed by atoms with Crippen molar-refractivity contribution < 1.29 is 16.8 Å². The van der Waals surface area contributed by atoms with E-state index in [0.717, 1.165) is 33.6 Å². The molecule has 0 amide bonds. The number of nitrogens with zero attached hydrogens (tertiary/aromatic N) is 6. The summed E-state index contributed by atoms with van der Waals surface area (Å²) in [6, 6.07) is 21.0. The maximum absolute atomic E-state index is 13.0. The van der Waals surface area contributed by atoms with Crippen LogP contribution in [0, 0.1) is 13.8 Å². The molecule has 8 rings (SSSR count). The van der Waals surface area contributed by atoms with Crippen LogP contribution in [0.15, 0.2) is 93.3 Å². The van der Waals surface area contributed by atoms with Crippen LogP contribution in [0.2, 0.25) is 30.1 Å². The van der Waals surface area contributed by atoms with Gasteiger partial charge in [0.15, 0.2) is 10.3 Å². The first kappa shape index (κ1) is 47.3. The number of hydrogen-bond donors (Lipinski definition) is 0. The molecule has 2 aliphatic heterocycles. The fraction of sp³-hybridized carbons (Fsp3) is 0.286. The number of aryl methyl sites for hydroxylation is 2. The second-order valence-electron chi connectivity index (χ2n) is 14.7. The van der Waals surface area contributed by atoms with Gasteiger partial charge in [0.25, 0.3) is 0 Å². The van der Waals surface area contributed by atoms with Gasteiger partial charge in [-0.05, 0) is 84.6 Å². The summed E-state index contributed by atoms with van der Waals surface area (Å²) in [6.07, 6.45) is 1.44. The summed E-state index contributed by atoms with van der Waals surface area (Å²) < 4.78 is 54.9. The maximum atomic E-state index is 13.0. The summed E-state index contributed by atoms with van der Waals surface area (Å²) in [5, 5.41) is 7.96. The molecule has 4 heterocycles.